The Bertz CT molecular complexity index is 309. The average Bonchev–Trinajstić information content (AvgIpc) is 2.73. The van der Waals surface area contributed by atoms with Gasteiger partial charge in [0.25, 0.3) is 0 Å². The normalized spacial score (nSPS) is 24.4. The van der Waals surface area contributed by atoms with Crippen LogP contribution in [0.4, 0.5) is 0 Å². The van der Waals surface area contributed by atoms with Gasteiger partial charge >= 0.3 is 0 Å². The third-order valence-electron chi connectivity index (χ3n) is 5.81. The molecular weight excluding hydrogens is 263 g/mol. The van der Waals surface area contributed by atoms with Crippen LogP contribution in [0.5, 0.6) is 0 Å². The van der Waals surface area contributed by atoms with E-state index in [4.69, 9.17) is 0 Å². The molecule has 0 aliphatic carbocycles. The monoisotopic (exact) mass is 303 g/mol. The Morgan fingerprint density at radius 2 is 1.45 bits per heavy atom. The topological polar surface area (TPSA) is 3.24 Å². The van der Waals surface area contributed by atoms with Crippen LogP contribution in [0.1, 0.15) is 91.4 Å². The molecule has 0 radical (unpaired) electrons. The highest BCUT2D eigenvalue weighted by Gasteiger charge is 2.42. The maximum atomic E-state index is 2.88. The number of hydrogen-bond donors (Lipinski definition) is 0. The van der Waals surface area contributed by atoms with Crippen molar-refractivity contribution in [3.05, 3.63) is 0 Å². The van der Waals surface area contributed by atoms with E-state index in [1.807, 2.05) is 0 Å². The number of nitrogens with zero attached hydrogens (tertiary/aromatic N) is 1. The lowest BCUT2D eigenvalue weighted by molar-refractivity contribution is 0.0931. The molecule has 22 heavy (non-hydrogen) atoms. The fourth-order valence-corrected chi connectivity index (χ4v) is 4.59. The van der Waals surface area contributed by atoms with Crippen LogP contribution < -0.4 is 0 Å². The molecule has 1 heterocycles. The van der Waals surface area contributed by atoms with E-state index < -0.39 is 0 Å². The molecule has 2 atom stereocenters. The standard InChI is InChI=1S/C18H40B3N/c1-4-6-8-9-11-13-17(3,12-10-7-5-2)22-15-18(20,21)14-16(22)19/h16H,4-15,19-21H2,1-3H3. The summed E-state index contributed by atoms with van der Waals surface area (Å²) < 4.78 is 0. The fourth-order valence-electron chi connectivity index (χ4n) is 4.59. The summed E-state index contributed by atoms with van der Waals surface area (Å²) in [6, 6.07) is 0. The highest BCUT2D eigenvalue weighted by Crippen LogP contribution is 2.41. The van der Waals surface area contributed by atoms with Gasteiger partial charge in [0.1, 0.15) is 23.5 Å². The van der Waals surface area contributed by atoms with E-state index in [0.717, 1.165) is 5.94 Å². The zero-order chi connectivity index (χ0) is 16.6. The van der Waals surface area contributed by atoms with E-state index in [9.17, 15) is 0 Å². The molecule has 0 saturated carbocycles. The quantitative estimate of drug-likeness (QED) is 0.419. The molecular formula is C18H40B3N. The molecule has 1 saturated heterocycles. The van der Waals surface area contributed by atoms with Gasteiger partial charge in [-0.15, -0.1) is 0 Å². The van der Waals surface area contributed by atoms with Crippen molar-refractivity contribution >= 4 is 23.5 Å². The lowest BCUT2D eigenvalue weighted by atomic mass is 9.53. The second-order valence-corrected chi connectivity index (χ2v) is 8.96. The first kappa shape index (κ1) is 20.2. The molecule has 4 heteroatoms. The van der Waals surface area contributed by atoms with Crippen molar-refractivity contribution in [3.8, 4) is 0 Å². The molecule has 0 amide bonds. The summed E-state index contributed by atoms with van der Waals surface area (Å²) in [4.78, 5) is 2.88. The molecule has 2 unspecified atom stereocenters. The number of rotatable bonds is 11. The van der Waals surface area contributed by atoms with Gasteiger partial charge in [0.15, 0.2) is 0 Å². The van der Waals surface area contributed by atoms with Gasteiger partial charge in [-0.2, -0.15) is 0 Å². The third kappa shape index (κ3) is 6.34. The van der Waals surface area contributed by atoms with Gasteiger partial charge in [0.2, 0.25) is 0 Å². The van der Waals surface area contributed by atoms with Crippen LogP contribution in [0.25, 0.3) is 0 Å². The van der Waals surface area contributed by atoms with Crippen LogP contribution >= 0.6 is 0 Å². The van der Waals surface area contributed by atoms with Crippen molar-refractivity contribution in [1.29, 1.82) is 0 Å². The fraction of sp³-hybridized carbons (Fsp3) is 1.00. The van der Waals surface area contributed by atoms with Crippen molar-refractivity contribution in [2.45, 2.75) is 108 Å². The van der Waals surface area contributed by atoms with Gasteiger partial charge in [0.05, 0.1) is 0 Å². The van der Waals surface area contributed by atoms with Gasteiger partial charge in [-0.1, -0.05) is 76.8 Å². The predicted octanol–water partition coefficient (Wildman–Crippen LogP) is 2.73. The van der Waals surface area contributed by atoms with Crippen LogP contribution in [0, 0.1) is 0 Å². The molecule has 1 aliphatic heterocycles. The Morgan fingerprint density at radius 1 is 0.955 bits per heavy atom. The summed E-state index contributed by atoms with van der Waals surface area (Å²) in [7, 11) is 7.37. The predicted molar refractivity (Wildman–Crippen MR) is 109 cm³/mol. The largest absolute Gasteiger partial charge is 0.304 e. The molecule has 0 aromatic carbocycles. The van der Waals surface area contributed by atoms with E-state index in [1.54, 1.807) is 0 Å². The third-order valence-corrected chi connectivity index (χ3v) is 5.81. The van der Waals surface area contributed by atoms with E-state index in [1.165, 1.54) is 77.2 Å². The summed E-state index contributed by atoms with van der Waals surface area (Å²) in [5.41, 5.74) is 0.439. The first-order valence-corrected chi connectivity index (χ1v) is 10.1. The average molecular weight is 303 g/mol. The van der Waals surface area contributed by atoms with Gasteiger partial charge in [-0.05, 0) is 32.3 Å². The zero-order valence-corrected chi connectivity index (χ0v) is 16.5. The molecule has 0 bridgehead atoms. The molecule has 1 rings (SSSR count). The van der Waals surface area contributed by atoms with Crippen molar-refractivity contribution in [2.75, 3.05) is 6.54 Å². The van der Waals surface area contributed by atoms with E-state index in [2.05, 4.69) is 49.2 Å². The maximum absolute atomic E-state index is 2.88. The highest BCUT2D eigenvalue weighted by molar-refractivity contribution is 6.40. The molecule has 1 nitrogen and oxygen atoms in total. The van der Waals surface area contributed by atoms with Crippen LogP contribution in [-0.4, -0.2) is 46.5 Å². The molecule has 0 aromatic heterocycles. The Balaban J connectivity index is 2.61. The van der Waals surface area contributed by atoms with Crippen LogP contribution in [0.3, 0.4) is 0 Å². The second-order valence-electron chi connectivity index (χ2n) is 8.96. The van der Waals surface area contributed by atoms with Gasteiger partial charge < -0.3 is 4.90 Å². The van der Waals surface area contributed by atoms with E-state index in [-0.39, 0.29) is 0 Å². The maximum Gasteiger partial charge on any atom is 0.123 e. The van der Waals surface area contributed by atoms with E-state index >= 15 is 0 Å². The van der Waals surface area contributed by atoms with Crippen molar-refractivity contribution < 1.29 is 0 Å². The molecule has 1 aliphatic rings. The van der Waals surface area contributed by atoms with Gasteiger partial charge in [-0.25, -0.2) is 0 Å². The van der Waals surface area contributed by atoms with Crippen molar-refractivity contribution in [1.82, 2.24) is 4.90 Å². The summed E-state index contributed by atoms with van der Waals surface area (Å²) in [5.74, 6) is 0.761. The lowest BCUT2D eigenvalue weighted by Crippen LogP contribution is -2.49. The van der Waals surface area contributed by atoms with Gasteiger partial charge in [-0.3, -0.25) is 0 Å². The minimum absolute atomic E-state index is 0.439. The summed E-state index contributed by atoms with van der Waals surface area (Å²) >= 11 is 0. The molecule has 0 spiro atoms. The van der Waals surface area contributed by atoms with Crippen molar-refractivity contribution in [2.24, 2.45) is 0 Å². The Hall–Kier alpha value is 0.155. The SMILES string of the molecule is BC1CC(B)(B)CN1C(C)(CCCCC)CCCCCCC. The van der Waals surface area contributed by atoms with Crippen molar-refractivity contribution in [3.63, 3.8) is 0 Å². The van der Waals surface area contributed by atoms with Crippen LogP contribution in [0.15, 0.2) is 0 Å². The minimum atomic E-state index is 0.439. The van der Waals surface area contributed by atoms with E-state index in [0.29, 0.717) is 10.8 Å². The molecule has 0 N–H and O–H groups in total. The van der Waals surface area contributed by atoms with Crippen LogP contribution in [-0.2, 0) is 0 Å². The Morgan fingerprint density at radius 3 is 1.95 bits per heavy atom. The zero-order valence-electron chi connectivity index (χ0n) is 16.5. The smallest absolute Gasteiger partial charge is 0.123 e. The Labute approximate surface area is 143 Å². The lowest BCUT2D eigenvalue weighted by Gasteiger charge is -2.43. The Kier molecular flexibility index (Phi) is 8.68. The summed E-state index contributed by atoms with van der Waals surface area (Å²) in [6.45, 7) is 8.50. The van der Waals surface area contributed by atoms with Crippen LogP contribution in [0.2, 0.25) is 5.21 Å². The molecule has 126 valence electrons. The number of hydrogen-bond acceptors (Lipinski definition) is 1. The summed E-state index contributed by atoms with van der Waals surface area (Å²) in [5, 5.41) is 0.508. The first-order valence-electron chi connectivity index (χ1n) is 10.1. The summed E-state index contributed by atoms with van der Waals surface area (Å²) in [6.07, 6.45) is 15.4. The molecule has 0 aromatic rings. The first-order chi connectivity index (χ1) is 10.3. The number of likely N-dealkylation sites (tertiary alicyclic amines) is 1. The number of unbranched alkanes of at least 4 members (excludes halogenated alkanes) is 6. The molecule has 1 fully saturated rings. The minimum Gasteiger partial charge on any atom is -0.304 e. The second kappa shape index (κ2) is 9.45. The highest BCUT2D eigenvalue weighted by atomic mass is 15.2. The van der Waals surface area contributed by atoms with Gasteiger partial charge in [0, 0.05) is 5.54 Å².